The van der Waals surface area contributed by atoms with Crippen molar-refractivity contribution >= 4 is 17.4 Å². The SMILES string of the molecule is Cc1c(Cl)ncnc1N1CCC2CCCCC2C1. The Labute approximate surface area is 114 Å². The molecule has 1 aliphatic heterocycles. The molecular weight excluding hydrogens is 246 g/mol. The first-order valence-electron chi connectivity index (χ1n) is 6.97. The third kappa shape index (κ3) is 2.20. The van der Waals surface area contributed by atoms with Gasteiger partial charge in [0.05, 0.1) is 0 Å². The van der Waals surface area contributed by atoms with E-state index >= 15 is 0 Å². The Morgan fingerprint density at radius 2 is 1.94 bits per heavy atom. The minimum atomic E-state index is 0.589. The molecule has 3 rings (SSSR count). The van der Waals surface area contributed by atoms with Crippen LogP contribution in [0.2, 0.25) is 5.15 Å². The molecule has 3 nitrogen and oxygen atoms in total. The highest BCUT2D eigenvalue weighted by Crippen LogP contribution is 2.37. The summed E-state index contributed by atoms with van der Waals surface area (Å²) in [6, 6.07) is 0. The van der Waals surface area contributed by atoms with Crippen LogP contribution in [0.4, 0.5) is 5.82 Å². The number of rotatable bonds is 1. The Kier molecular flexibility index (Phi) is 3.42. The molecule has 1 aromatic heterocycles. The van der Waals surface area contributed by atoms with E-state index in [2.05, 4.69) is 14.9 Å². The van der Waals surface area contributed by atoms with E-state index in [1.807, 2.05) is 6.92 Å². The van der Waals surface area contributed by atoms with Gasteiger partial charge in [0.1, 0.15) is 17.3 Å². The summed E-state index contributed by atoms with van der Waals surface area (Å²) in [5.74, 6) is 2.85. The molecule has 4 heteroatoms. The van der Waals surface area contributed by atoms with E-state index in [0.717, 1.165) is 36.3 Å². The lowest BCUT2D eigenvalue weighted by molar-refractivity contribution is 0.202. The summed E-state index contributed by atoms with van der Waals surface area (Å²) in [6.45, 7) is 4.29. The molecule has 1 aromatic rings. The Morgan fingerprint density at radius 3 is 2.78 bits per heavy atom. The van der Waals surface area contributed by atoms with E-state index in [1.54, 1.807) is 6.33 Å². The second kappa shape index (κ2) is 5.04. The third-order valence-electron chi connectivity index (χ3n) is 4.59. The van der Waals surface area contributed by atoms with Crippen molar-refractivity contribution in [3.8, 4) is 0 Å². The minimum absolute atomic E-state index is 0.589. The van der Waals surface area contributed by atoms with Crippen molar-refractivity contribution in [3.05, 3.63) is 17.0 Å². The first-order chi connectivity index (χ1) is 8.75. The molecular formula is C14H20ClN3. The van der Waals surface area contributed by atoms with Crippen molar-refractivity contribution in [3.63, 3.8) is 0 Å². The van der Waals surface area contributed by atoms with Crippen LogP contribution in [0, 0.1) is 18.8 Å². The van der Waals surface area contributed by atoms with Crippen LogP contribution in [-0.4, -0.2) is 23.1 Å². The van der Waals surface area contributed by atoms with Gasteiger partial charge in [0.15, 0.2) is 0 Å². The molecule has 0 N–H and O–H groups in total. The van der Waals surface area contributed by atoms with Crippen molar-refractivity contribution in [2.75, 3.05) is 18.0 Å². The molecule has 18 heavy (non-hydrogen) atoms. The highest BCUT2D eigenvalue weighted by molar-refractivity contribution is 6.30. The molecule has 1 saturated carbocycles. The number of hydrogen-bond acceptors (Lipinski definition) is 3. The van der Waals surface area contributed by atoms with Gasteiger partial charge in [-0.15, -0.1) is 0 Å². The van der Waals surface area contributed by atoms with Crippen LogP contribution in [-0.2, 0) is 0 Å². The van der Waals surface area contributed by atoms with Gasteiger partial charge >= 0.3 is 0 Å². The van der Waals surface area contributed by atoms with Crippen LogP contribution in [0.1, 0.15) is 37.7 Å². The van der Waals surface area contributed by atoms with Crippen LogP contribution >= 0.6 is 11.6 Å². The van der Waals surface area contributed by atoms with Gasteiger partial charge in [-0.2, -0.15) is 0 Å². The number of aromatic nitrogens is 2. The van der Waals surface area contributed by atoms with Crippen LogP contribution < -0.4 is 4.90 Å². The Bertz CT molecular complexity index is 435. The van der Waals surface area contributed by atoms with Gasteiger partial charge in [0.25, 0.3) is 0 Å². The normalized spacial score (nSPS) is 28.0. The van der Waals surface area contributed by atoms with E-state index in [1.165, 1.54) is 32.1 Å². The quantitative estimate of drug-likeness (QED) is 0.729. The molecule has 0 amide bonds. The zero-order valence-corrected chi connectivity index (χ0v) is 11.7. The lowest BCUT2D eigenvalue weighted by atomic mass is 9.75. The van der Waals surface area contributed by atoms with Crippen LogP contribution in [0.5, 0.6) is 0 Å². The molecule has 2 unspecified atom stereocenters. The highest BCUT2D eigenvalue weighted by Gasteiger charge is 2.32. The van der Waals surface area contributed by atoms with E-state index in [4.69, 9.17) is 11.6 Å². The van der Waals surface area contributed by atoms with Crippen molar-refractivity contribution < 1.29 is 0 Å². The number of fused-ring (bicyclic) bond motifs is 1. The molecule has 2 fully saturated rings. The summed E-state index contributed by atoms with van der Waals surface area (Å²) in [5, 5.41) is 0.589. The average Bonchev–Trinajstić information content (AvgIpc) is 2.41. The number of hydrogen-bond donors (Lipinski definition) is 0. The van der Waals surface area contributed by atoms with Crippen molar-refractivity contribution in [1.82, 2.24) is 9.97 Å². The molecule has 0 radical (unpaired) electrons. The van der Waals surface area contributed by atoms with Gasteiger partial charge in [-0.1, -0.05) is 30.9 Å². The number of anilines is 1. The second-order valence-corrected chi connectivity index (χ2v) is 6.01. The average molecular weight is 266 g/mol. The van der Waals surface area contributed by atoms with Gasteiger partial charge in [-0.05, 0) is 31.6 Å². The monoisotopic (exact) mass is 265 g/mol. The molecule has 0 spiro atoms. The van der Waals surface area contributed by atoms with Crippen LogP contribution in [0.25, 0.3) is 0 Å². The van der Waals surface area contributed by atoms with E-state index in [-0.39, 0.29) is 0 Å². The largest absolute Gasteiger partial charge is 0.356 e. The molecule has 2 heterocycles. The Morgan fingerprint density at radius 1 is 1.17 bits per heavy atom. The maximum Gasteiger partial charge on any atom is 0.137 e. The smallest absolute Gasteiger partial charge is 0.137 e. The van der Waals surface area contributed by atoms with Crippen molar-refractivity contribution in [2.45, 2.75) is 39.0 Å². The second-order valence-electron chi connectivity index (χ2n) is 5.65. The molecule has 1 saturated heterocycles. The van der Waals surface area contributed by atoms with Crippen LogP contribution in [0.15, 0.2) is 6.33 Å². The first-order valence-corrected chi connectivity index (χ1v) is 7.35. The fraction of sp³-hybridized carbons (Fsp3) is 0.714. The Balaban J connectivity index is 1.79. The fourth-order valence-electron chi connectivity index (χ4n) is 3.53. The lowest BCUT2D eigenvalue weighted by Crippen LogP contribution is -2.42. The molecule has 2 atom stereocenters. The van der Waals surface area contributed by atoms with Gasteiger partial charge in [0.2, 0.25) is 0 Å². The number of halogens is 1. The van der Waals surface area contributed by atoms with E-state index in [0.29, 0.717) is 5.15 Å². The maximum atomic E-state index is 6.09. The first kappa shape index (κ1) is 12.2. The van der Waals surface area contributed by atoms with Crippen molar-refractivity contribution in [1.29, 1.82) is 0 Å². The van der Waals surface area contributed by atoms with E-state index in [9.17, 15) is 0 Å². The summed E-state index contributed by atoms with van der Waals surface area (Å²) in [6.07, 6.45) is 8.54. The standard InChI is InChI=1S/C14H20ClN3/c1-10-13(15)16-9-17-14(10)18-7-6-11-4-2-3-5-12(11)8-18/h9,11-12H,2-8H2,1H3. The summed E-state index contributed by atoms with van der Waals surface area (Å²) < 4.78 is 0. The molecule has 1 aliphatic carbocycles. The highest BCUT2D eigenvalue weighted by atomic mass is 35.5. The zero-order valence-electron chi connectivity index (χ0n) is 10.9. The minimum Gasteiger partial charge on any atom is -0.356 e. The summed E-state index contributed by atoms with van der Waals surface area (Å²) >= 11 is 6.09. The molecule has 98 valence electrons. The third-order valence-corrected chi connectivity index (χ3v) is 4.97. The summed E-state index contributed by atoms with van der Waals surface area (Å²) in [4.78, 5) is 10.9. The van der Waals surface area contributed by atoms with Gasteiger partial charge in [-0.3, -0.25) is 0 Å². The van der Waals surface area contributed by atoms with Crippen LogP contribution in [0.3, 0.4) is 0 Å². The van der Waals surface area contributed by atoms with Gasteiger partial charge in [0, 0.05) is 18.7 Å². The molecule has 0 aromatic carbocycles. The fourth-order valence-corrected chi connectivity index (χ4v) is 3.66. The number of piperidine rings is 1. The topological polar surface area (TPSA) is 29.0 Å². The van der Waals surface area contributed by atoms with Gasteiger partial charge in [-0.25, -0.2) is 9.97 Å². The molecule has 2 aliphatic rings. The summed E-state index contributed by atoms with van der Waals surface area (Å²) in [7, 11) is 0. The van der Waals surface area contributed by atoms with Gasteiger partial charge < -0.3 is 4.90 Å². The van der Waals surface area contributed by atoms with E-state index < -0.39 is 0 Å². The predicted molar refractivity (Wildman–Crippen MR) is 74.1 cm³/mol. The maximum absolute atomic E-state index is 6.09. The predicted octanol–water partition coefficient (Wildman–Crippen LogP) is 3.45. The summed E-state index contributed by atoms with van der Waals surface area (Å²) in [5.41, 5.74) is 1.02. The lowest BCUT2D eigenvalue weighted by Gasteiger charge is -2.42. The zero-order chi connectivity index (χ0) is 12.5. The van der Waals surface area contributed by atoms with Crippen molar-refractivity contribution in [2.24, 2.45) is 11.8 Å². The molecule has 0 bridgehead atoms. The number of nitrogens with zero attached hydrogens (tertiary/aromatic N) is 3. The Hall–Kier alpha value is -0.830.